The van der Waals surface area contributed by atoms with Crippen LogP contribution in [0.25, 0.3) is 0 Å². The molecule has 8 nitrogen and oxygen atoms in total. The number of carbonyl (C=O) groups is 4. The molecule has 1 aliphatic heterocycles. The van der Waals surface area contributed by atoms with E-state index in [2.05, 4.69) is 5.32 Å². The largest absolute Gasteiger partial charge is 0.466 e. The topological polar surface area (TPSA) is 96.0 Å². The van der Waals surface area contributed by atoms with Gasteiger partial charge in [0.05, 0.1) is 18.7 Å². The van der Waals surface area contributed by atoms with E-state index in [0.29, 0.717) is 42.6 Å². The highest BCUT2D eigenvalue weighted by atomic mass is 19.1. The molecule has 2 rings (SSSR count). The number of rotatable bonds is 8. The molecular weight excluding hydrogens is 369 g/mol. The van der Waals surface area contributed by atoms with Crippen molar-refractivity contribution in [2.75, 3.05) is 20.7 Å². The van der Waals surface area contributed by atoms with Crippen molar-refractivity contribution in [3.63, 3.8) is 0 Å². The second-order valence-electron chi connectivity index (χ2n) is 5.85. The Morgan fingerprint density at radius 3 is 2.39 bits per heavy atom. The van der Waals surface area contributed by atoms with Crippen molar-refractivity contribution < 1.29 is 28.3 Å². The molecule has 1 aliphatic rings. The average Bonchev–Trinajstić information content (AvgIpc) is 2.95. The second kappa shape index (κ2) is 11.6. The van der Waals surface area contributed by atoms with Gasteiger partial charge in [0.25, 0.3) is 0 Å². The van der Waals surface area contributed by atoms with Gasteiger partial charge >= 0.3 is 5.97 Å². The van der Waals surface area contributed by atoms with Gasteiger partial charge in [0.2, 0.25) is 12.8 Å². The molecular formula is C19H24FN3O5. The monoisotopic (exact) mass is 393 g/mol. The van der Waals surface area contributed by atoms with Gasteiger partial charge in [-0.05, 0) is 31.0 Å². The van der Waals surface area contributed by atoms with Crippen molar-refractivity contribution in [3.05, 3.63) is 46.9 Å². The average molecular weight is 393 g/mol. The molecule has 0 saturated carbocycles. The molecule has 0 fully saturated rings. The van der Waals surface area contributed by atoms with Crippen LogP contribution in [0.3, 0.4) is 0 Å². The van der Waals surface area contributed by atoms with E-state index in [-0.39, 0.29) is 5.82 Å². The molecule has 0 bridgehead atoms. The summed E-state index contributed by atoms with van der Waals surface area (Å²) in [7, 11) is 2.97. The number of hydrogen-bond acceptors (Lipinski definition) is 6. The predicted molar refractivity (Wildman–Crippen MR) is 98.9 cm³/mol. The van der Waals surface area contributed by atoms with Crippen LogP contribution in [0, 0.1) is 5.82 Å². The summed E-state index contributed by atoms with van der Waals surface area (Å²) in [6, 6.07) is 5.32. The Kier molecular flexibility index (Phi) is 9.52. The third kappa shape index (κ3) is 5.71. The number of hydrazine groups is 1. The standard InChI is InChI=1S/C14H15FN2O3.C5H9NO2/c1-9-12(14(19)20-3)13(16(2)17(9)8-18)10-4-6-11(15)7-5-10;7-4-2-1-3-6-5-8/h4-8,13H,1-3H3;4-5H,1-3H2,(H,6,8). The quantitative estimate of drug-likeness (QED) is 0.407. The highest BCUT2D eigenvalue weighted by Crippen LogP contribution is 2.38. The molecule has 0 spiro atoms. The summed E-state index contributed by atoms with van der Waals surface area (Å²) in [4.78, 5) is 42.3. The summed E-state index contributed by atoms with van der Waals surface area (Å²) < 4.78 is 17.8. The number of amides is 2. The summed E-state index contributed by atoms with van der Waals surface area (Å²) in [6.07, 6.45) is 3.36. The molecule has 0 saturated heterocycles. The van der Waals surface area contributed by atoms with Gasteiger partial charge in [-0.1, -0.05) is 12.1 Å². The van der Waals surface area contributed by atoms with E-state index < -0.39 is 12.0 Å². The Morgan fingerprint density at radius 2 is 1.89 bits per heavy atom. The summed E-state index contributed by atoms with van der Waals surface area (Å²) in [5.41, 5.74) is 1.58. The van der Waals surface area contributed by atoms with Crippen molar-refractivity contribution in [2.45, 2.75) is 25.8 Å². The number of unbranched alkanes of at least 4 members (excludes halogenated alkanes) is 1. The lowest BCUT2D eigenvalue weighted by atomic mass is 9.98. The smallest absolute Gasteiger partial charge is 0.337 e. The minimum Gasteiger partial charge on any atom is -0.466 e. The first-order valence-electron chi connectivity index (χ1n) is 8.55. The fraction of sp³-hybridized carbons (Fsp3) is 0.368. The molecule has 1 aromatic rings. The van der Waals surface area contributed by atoms with Crippen LogP contribution in [0.2, 0.25) is 0 Å². The van der Waals surface area contributed by atoms with Crippen LogP contribution in [0.15, 0.2) is 35.5 Å². The third-order valence-corrected chi connectivity index (χ3v) is 4.14. The summed E-state index contributed by atoms with van der Waals surface area (Å²) >= 11 is 0. The van der Waals surface area contributed by atoms with Crippen LogP contribution in [0.1, 0.15) is 31.4 Å². The first kappa shape index (κ1) is 23.0. The molecule has 1 unspecified atom stereocenters. The van der Waals surface area contributed by atoms with E-state index in [0.717, 1.165) is 12.7 Å². The fourth-order valence-electron chi connectivity index (χ4n) is 2.77. The highest BCUT2D eigenvalue weighted by molar-refractivity contribution is 5.92. The van der Waals surface area contributed by atoms with Gasteiger partial charge < -0.3 is 14.8 Å². The number of likely N-dealkylation sites (N-methyl/N-ethyl adjacent to an activating group) is 1. The molecule has 0 aliphatic carbocycles. The van der Waals surface area contributed by atoms with Crippen LogP contribution in [-0.2, 0) is 23.9 Å². The van der Waals surface area contributed by atoms with Crippen LogP contribution in [-0.4, -0.2) is 55.8 Å². The van der Waals surface area contributed by atoms with E-state index in [1.807, 2.05) is 0 Å². The molecule has 1 aromatic carbocycles. The number of ether oxygens (including phenoxy) is 1. The number of carbonyl (C=O) groups excluding carboxylic acids is 4. The predicted octanol–water partition coefficient (Wildman–Crippen LogP) is 1.34. The third-order valence-electron chi connectivity index (χ3n) is 4.14. The number of esters is 1. The number of benzene rings is 1. The number of methoxy groups -OCH3 is 1. The maximum absolute atomic E-state index is 13.0. The second-order valence-corrected chi connectivity index (χ2v) is 5.85. The van der Waals surface area contributed by atoms with Crippen LogP contribution < -0.4 is 5.32 Å². The van der Waals surface area contributed by atoms with E-state index in [1.165, 1.54) is 24.3 Å². The minimum atomic E-state index is -0.506. The van der Waals surface area contributed by atoms with Crippen molar-refractivity contribution in [1.82, 2.24) is 15.3 Å². The number of halogens is 1. The van der Waals surface area contributed by atoms with E-state index in [1.54, 1.807) is 31.1 Å². The van der Waals surface area contributed by atoms with E-state index in [9.17, 15) is 23.6 Å². The first-order chi connectivity index (χ1) is 13.4. The Morgan fingerprint density at radius 1 is 1.25 bits per heavy atom. The number of allylic oxidation sites excluding steroid dienone is 1. The van der Waals surface area contributed by atoms with Crippen LogP contribution >= 0.6 is 0 Å². The van der Waals surface area contributed by atoms with Gasteiger partial charge in [-0.3, -0.25) is 9.59 Å². The summed E-state index contributed by atoms with van der Waals surface area (Å²) in [6.45, 7) is 2.27. The van der Waals surface area contributed by atoms with Gasteiger partial charge in [-0.2, -0.15) is 0 Å². The lowest BCUT2D eigenvalue weighted by Crippen LogP contribution is -2.34. The van der Waals surface area contributed by atoms with Gasteiger partial charge in [-0.15, -0.1) is 0 Å². The maximum atomic E-state index is 13.0. The Bertz CT molecular complexity index is 711. The molecule has 9 heteroatoms. The Hall–Kier alpha value is -3.07. The number of nitrogens with zero attached hydrogens (tertiary/aromatic N) is 2. The zero-order valence-corrected chi connectivity index (χ0v) is 16.1. The van der Waals surface area contributed by atoms with Gasteiger partial charge in [-0.25, -0.2) is 19.2 Å². The number of nitrogens with one attached hydrogen (secondary N) is 1. The van der Waals surface area contributed by atoms with Gasteiger partial charge in [0.1, 0.15) is 12.1 Å². The zero-order chi connectivity index (χ0) is 21.1. The highest BCUT2D eigenvalue weighted by Gasteiger charge is 2.39. The zero-order valence-electron chi connectivity index (χ0n) is 16.1. The SMILES string of the molecule is COC(=O)C1=C(C)N(C=O)N(C)C1c1ccc(F)cc1.O=CCCCNC=O. The van der Waals surface area contributed by atoms with E-state index >= 15 is 0 Å². The van der Waals surface area contributed by atoms with Gasteiger partial charge in [0, 0.05) is 25.7 Å². The molecule has 0 aromatic heterocycles. The van der Waals surface area contributed by atoms with Crippen molar-refractivity contribution in [1.29, 1.82) is 0 Å². The first-order valence-corrected chi connectivity index (χ1v) is 8.55. The van der Waals surface area contributed by atoms with Gasteiger partial charge in [0.15, 0.2) is 0 Å². The normalized spacial score (nSPS) is 16.1. The summed E-state index contributed by atoms with van der Waals surface area (Å²) in [5.74, 6) is -0.866. The van der Waals surface area contributed by atoms with Crippen molar-refractivity contribution >= 4 is 25.1 Å². The Labute approximate surface area is 162 Å². The minimum absolute atomic E-state index is 0.359. The molecule has 28 heavy (non-hydrogen) atoms. The molecule has 152 valence electrons. The maximum Gasteiger partial charge on any atom is 0.337 e. The molecule has 0 radical (unpaired) electrons. The van der Waals surface area contributed by atoms with E-state index in [4.69, 9.17) is 4.74 Å². The van der Waals surface area contributed by atoms with Crippen LogP contribution in [0.4, 0.5) is 4.39 Å². The molecule has 2 amide bonds. The fourth-order valence-corrected chi connectivity index (χ4v) is 2.77. The lowest BCUT2D eigenvalue weighted by molar-refractivity contribution is -0.137. The molecule has 1 heterocycles. The number of hydrogen-bond donors (Lipinski definition) is 1. The molecule has 1 atom stereocenters. The van der Waals surface area contributed by atoms with Crippen molar-refractivity contribution in [3.8, 4) is 0 Å². The van der Waals surface area contributed by atoms with Crippen LogP contribution in [0.5, 0.6) is 0 Å². The number of aldehydes is 1. The molecule has 1 N–H and O–H groups in total. The van der Waals surface area contributed by atoms with Crippen molar-refractivity contribution in [2.24, 2.45) is 0 Å². The lowest BCUT2D eigenvalue weighted by Gasteiger charge is -2.27. The Balaban J connectivity index is 0.000000416. The summed E-state index contributed by atoms with van der Waals surface area (Å²) in [5, 5.41) is 5.39.